The zero-order valence-electron chi connectivity index (χ0n) is 11.2. The monoisotopic (exact) mass is 324 g/mol. The molecule has 0 aliphatic rings. The highest BCUT2D eigenvalue weighted by atomic mass is 79.9. The summed E-state index contributed by atoms with van der Waals surface area (Å²) in [5.74, 6) is 0.849. The lowest BCUT2D eigenvalue weighted by Gasteiger charge is -2.20. The third-order valence-corrected chi connectivity index (χ3v) is 3.52. The summed E-state index contributed by atoms with van der Waals surface area (Å²) in [6, 6.07) is 7.95. The molecule has 0 radical (unpaired) electrons. The molecule has 1 heterocycles. The average molecular weight is 325 g/mol. The van der Waals surface area contributed by atoms with E-state index >= 15 is 0 Å². The van der Waals surface area contributed by atoms with Gasteiger partial charge in [-0.1, -0.05) is 30.3 Å². The van der Waals surface area contributed by atoms with E-state index in [-0.39, 0.29) is 6.04 Å². The van der Waals surface area contributed by atoms with Crippen LogP contribution in [-0.2, 0) is 7.05 Å². The molecular weight excluding hydrogens is 308 g/mol. The van der Waals surface area contributed by atoms with Gasteiger partial charge in [0.1, 0.15) is 5.75 Å². The summed E-state index contributed by atoms with van der Waals surface area (Å²) in [7, 11) is 3.56. The summed E-state index contributed by atoms with van der Waals surface area (Å²) >= 11 is 3.46. The summed E-state index contributed by atoms with van der Waals surface area (Å²) in [6.07, 6.45) is 0. The Labute approximate surface area is 121 Å². The summed E-state index contributed by atoms with van der Waals surface area (Å²) < 4.78 is 7.96. The number of nitrogens with zero attached hydrogens (tertiary/aromatic N) is 3. The molecule has 0 aliphatic carbocycles. The van der Waals surface area contributed by atoms with E-state index in [4.69, 9.17) is 4.74 Å². The molecule has 5 nitrogen and oxygen atoms in total. The van der Waals surface area contributed by atoms with Gasteiger partial charge in [-0.05, 0) is 28.5 Å². The fraction of sp³-hybridized carbons (Fsp3) is 0.385. The van der Waals surface area contributed by atoms with Crippen LogP contribution in [-0.4, -0.2) is 28.6 Å². The Morgan fingerprint density at radius 1 is 1.42 bits per heavy atom. The number of hydrogen-bond donors (Lipinski definition) is 1. The molecule has 1 N–H and O–H groups in total. The predicted octanol–water partition coefficient (Wildman–Crippen LogP) is 2.29. The van der Waals surface area contributed by atoms with Crippen molar-refractivity contribution in [3.63, 3.8) is 0 Å². The lowest BCUT2D eigenvalue weighted by atomic mass is 10.0. The van der Waals surface area contributed by atoms with Gasteiger partial charge in [-0.25, -0.2) is 4.68 Å². The summed E-state index contributed by atoms with van der Waals surface area (Å²) in [6.45, 7) is 2.90. The first-order valence-electron chi connectivity index (χ1n) is 6.10. The van der Waals surface area contributed by atoms with Crippen LogP contribution in [0.4, 0.5) is 0 Å². The molecule has 0 bridgehead atoms. The van der Waals surface area contributed by atoms with Gasteiger partial charge in [-0.3, -0.25) is 0 Å². The number of methoxy groups -OCH3 is 1. The molecule has 0 saturated carbocycles. The molecule has 0 amide bonds. The molecular formula is C13H17BrN4O. The molecule has 1 atom stereocenters. The Morgan fingerprint density at radius 2 is 2.16 bits per heavy atom. The molecule has 0 aliphatic heterocycles. The maximum Gasteiger partial charge on any atom is 0.153 e. The van der Waals surface area contributed by atoms with Crippen molar-refractivity contribution in [3.05, 3.63) is 40.1 Å². The predicted molar refractivity (Wildman–Crippen MR) is 77.2 cm³/mol. The number of para-hydroxylation sites is 1. The van der Waals surface area contributed by atoms with Crippen LogP contribution in [0.2, 0.25) is 0 Å². The molecule has 6 heteroatoms. The third-order valence-electron chi connectivity index (χ3n) is 2.96. The Morgan fingerprint density at radius 3 is 2.74 bits per heavy atom. The number of ether oxygens (including phenoxy) is 1. The van der Waals surface area contributed by atoms with E-state index in [0.717, 1.165) is 28.2 Å². The lowest BCUT2D eigenvalue weighted by molar-refractivity contribution is 0.402. The SMILES string of the molecule is CCNC(c1ccccc1OC)c1c(Br)nnn1C. The van der Waals surface area contributed by atoms with Gasteiger partial charge in [0.05, 0.1) is 18.8 Å². The van der Waals surface area contributed by atoms with Gasteiger partial charge < -0.3 is 10.1 Å². The molecule has 2 aromatic rings. The Balaban J connectivity index is 2.51. The number of benzene rings is 1. The van der Waals surface area contributed by atoms with Crippen LogP contribution < -0.4 is 10.1 Å². The average Bonchev–Trinajstić information content (AvgIpc) is 2.76. The molecule has 0 fully saturated rings. The Bertz CT molecular complexity index is 536. The summed E-state index contributed by atoms with van der Waals surface area (Å²) in [5.41, 5.74) is 2.05. The van der Waals surface area contributed by atoms with Crippen molar-refractivity contribution in [2.45, 2.75) is 13.0 Å². The first-order valence-corrected chi connectivity index (χ1v) is 6.89. The Hall–Kier alpha value is -1.40. The largest absolute Gasteiger partial charge is 0.496 e. The van der Waals surface area contributed by atoms with Gasteiger partial charge in [0, 0.05) is 12.6 Å². The van der Waals surface area contributed by atoms with Gasteiger partial charge in [-0.2, -0.15) is 0 Å². The summed E-state index contributed by atoms with van der Waals surface area (Å²) in [5, 5.41) is 11.5. The number of hydrogen-bond acceptors (Lipinski definition) is 4. The van der Waals surface area contributed by atoms with Crippen LogP contribution in [0, 0.1) is 0 Å². The maximum atomic E-state index is 5.45. The van der Waals surface area contributed by atoms with Gasteiger partial charge in [-0.15, -0.1) is 5.10 Å². The van der Waals surface area contributed by atoms with Gasteiger partial charge in [0.25, 0.3) is 0 Å². The highest BCUT2D eigenvalue weighted by Crippen LogP contribution is 2.32. The standard InChI is InChI=1S/C13H17BrN4O/c1-4-15-11(12-13(14)16-17-18(12)2)9-7-5-6-8-10(9)19-3/h5-8,11,15H,4H2,1-3H3. The van der Waals surface area contributed by atoms with Crippen LogP contribution in [0.3, 0.4) is 0 Å². The van der Waals surface area contributed by atoms with Crippen molar-refractivity contribution < 1.29 is 4.74 Å². The number of aromatic nitrogens is 3. The van der Waals surface area contributed by atoms with Gasteiger partial charge in [0.2, 0.25) is 0 Å². The number of aryl methyl sites for hydroxylation is 1. The lowest BCUT2D eigenvalue weighted by Crippen LogP contribution is -2.25. The van der Waals surface area contributed by atoms with E-state index in [2.05, 4.69) is 38.5 Å². The second-order valence-corrected chi connectivity index (χ2v) is 4.87. The molecule has 1 unspecified atom stereocenters. The minimum atomic E-state index is -0.0180. The molecule has 0 spiro atoms. The van der Waals surface area contributed by atoms with Crippen molar-refractivity contribution in [2.75, 3.05) is 13.7 Å². The Kier molecular flexibility index (Phi) is 4.55. The number of nitrogens with one attached hydrogen (secondary N) is 1. The highest BCUT2D eigenvalue weighted by molar-refractivity contribution is 9.10. The van der Waals surface area contributed by atoms with E-state index in [1.165, 1.54) is 0 Å². The fourth-order valence-electron chi connectivity index (χ4n) is 2.11. The zero-order chi connectivity index (χ0) is 13.8. The van der Waals surface area contributed by atoms with E-state index < -0.39 is 0 Å². The molecule has 102 valence electrons. The summed E-state index contributed by atoms with van der Waals surface area (Å²) in [4.78, 5) is 0. The minimum absolute atomic E-state index is 0.0180. The van der Waals surface area contributed by atoms with Gasteiger partial charge in [0.15, 0.2) is 4.60 Å². The van der Waals surface area contributed by atoms with Crippen molar-refractivity contribution in [1.29, 1.82) is 0 Å². The maximum absolute atomic E-state index is 5.45. The van der Waals surface area contributed by atoms with Crippen LogP contribution in [0.15, 0.2) is 28.9 Å². The van der Waals surface area contributed by atoms with Crippen molar-refractivity contribution >= 4 is 15.9 Å². The quantitative estimate of drug-likeness (QED) is 0.916. The van der Waals surface area contributed by atoms with E-state index in [9.17, 15) is 0 Å². The highest BCUT2D eigenvalue weighted by Gasteiger charge is 2.23. The van der Waals surface area contributed by atoms with Crippen molar-refractivity contribution in [1.82, 2.24) is 20.3 Å². The molecule has 0 saturated heterocycles. The van der Waals surface area contributed by atoms with Crippen LogP contribution in [0.5, 0.6) is 5.75 Å². The minimum Gasteiger partial charge on any atom is -0.496 e. The van der Waals surface area contributed by atoms with E-state index in [1.807, 2.05) is 31.3 Å². The van der Waals surface area contributed by atoms with E-state index in [1.54, 1.807) is 11.8 Å². The second-order valence-electron chi connectivity index (χ2n) is 4.12. The molecule has 2 rings (SSSR count). The molecule has 19 heavy (non-hydrogen) atoms. The van der Waals surface area contributed by atoms with Crippen LogP contribution in [0.1, 0.15) is 24.2 Å². The third kappa shape index (κ3) is 2.79. The van der Waals surface area contributed by atoms with Crippen LogP contribution in [0.25, 0.3) is 0 Å². The van der Waals surface area contributed by atoms with Crippen molar-refractivity contribution in [3.8, 4) is 5.75 Å². The topological polar surface area (TPSA) is 52.0 Å². The first kappa shape index (κ1) is 14.0. The van der Waals surface area contributed by atoms with Crippen molar-refractivity contribution in [2.24, 2.45) is 7.05 Å². The first-order chi connectivity index (χ1) is 9.19. The van der Waals surface area contributed by atoms with Crippen LogP contribution >= 0.6 is 15.9 Å². The second kappa shape index (κ2) is 6.16. The number of halogens is 1. The molecule has 1 aromatic heterocycles. The number of rotatable bonds is 5. The smallest absolute Gasteiger partial charge is 0.153 e. The fourth-order valence-corrected chi connectivity index (χ4v) is 2.66. The van der Waals surface area contributed by atoms with Gasteiger partial charge >= 0.3 is 0 Å². The molecule has 1 aromatic carbocycles. The zero-order valence-corrected chi connectivity index (χ0v) is 12.8. The van der Waals surface area contributed by atoms with E-state index in [0.29, 0.717) is 0 Å². The normalized spacial score (nSPS) is 12.4.